The third-order valence-electron chi connectivity index (χ3n) is 4.62. The van der Waals surface area contributed by atoms with E-state index < -0.39 is 17.9 Å². The van der Waals surface area contributed by atoms with Crippen molar-refractivity contribution in [3.63, 3.8) is 0 Å². The van der Waals surface area contributed by atoms with E-state index in [4.69, 9.17) is 4.42 Å². The molecule has 0 fully saturated rings. The Kier molecular flexibility index (Phi) is 5.27. The Bertz CT molecular complexity index is 847. The van der Waals surface area contributed by atoms with Crippen LogP contribution in [0.1, 0.15) is 23.4 Å². The summed E-state index contributed by atoms with van der Waals surface area (Å²) in [5.74, 6) is -1.25. The molecule has 2 heterocycles. The van der Waals surface area contributed by atoms with E-state index in [1.807, 2.05) is 25.1 Å². The first-order valence-electron chi connectivity index (χ1n) is 8.55. The van der Waals surface area contributed by atoms with Crippen LogP contribution in [0, 0.1) is 0 Å². The van der Waals surface area contributed by atoms with Crippen molar-refractivity contribution in [3.8, 4) is 0 Å². The van der Waals surface area contributed by atoms with Crippen LogP contribution in [0.4, 0.5) is 5.69 Å². The molecule has 1 aliphatic heterocycles. The number of carbonyl (C=O) groups is 3. The van der Waals surface area contributed by atoms with Crippen molar-refractivity contribution in [2.75, 3.05) is 32.6 Å². The van der Waals surface area contributed by atoms with E-state index >= 15 is 0 Å². The number of furan rings is 1. The van der Waals surface area contributed by atoms with Crippen molar-refractivity contribution in [3.05, 3.63) is 54.0 Å². The van der Waals surface area contributed by atoms with Gasteiger partial charge in [-0.15, -0.1) is 0 Å². The Labute approximate surface area is 157 Å². The summed E-state index contributed by atoms with van der Waals surface area (Å²) in [5, 5.41) is 5.12. The van der Waals surface area contributed by atoms with E-state index in [1.165, 1.54) is 4.90 Å². The lowest BCUT2D eigenvalue weighted by Gasteiger charge is -2.22. The Hall–Kier alpha value is -3.13. The average Bonchev–Trinajstić information content (AvgIpc) is 3.25. The number of likely N-dealkylation sites (N-methyl/N-ethyl adjacent to an activating group) is 2. The molecule has 0 radical (unpaired) electrons. The number of anilines is 1. The molecular weight excluding hydrogens is 348 g/mol. The molecule has 1 aliphatic rings. The minimum absolute atomic E-state index is 0.196. The van der Waals surface area contributed by atoms with Crippen LogP contribution in [0.3, 0.4) is 0 Å². The number of nitrogens with zero attached hydrogens (tertiary/aromatic N) is 2. The van der Waals surface area contributed by atoms with Crippen LogP contribution in [-0.2, 0) is 14.4 Å². The maximum Gasteiger partial charge on any atom is 0.310 e. The zero-order valence-electron chi connectivity index (χ0n) is 15.4. The van der Waals surface area contributed by atoms with Crippen molar-refractivity contribution in [1.82, 2.24) is 15.5 Å². The van der Waals surface area contributed by atoms with E-state index in [9.17, 15) is 14.4 Å². The highest BCUT2D eigenvalue weighted by Gasteiger charge is 2.37. The fourth-order valence-corrected chi connectivity index (χ4v) is 3.11. The fourth-order valence-electron chi connectivity index (χ4n) is 3.11. The van der Waals surface area contributed by atoms with Crippen molar-refractivity contribution < 1.29 is 18.8 Å². The molecule has 0 unspecified atom stereocenters. The summed E-state index contributed by atoms with van der Waals surface area (Å²) in [5.41, 5.74) is 1.40. The van der Waals surface area contributed by atoms with E-state index in [2.05, 4.69) is 10.6 Å². The largest absolute Gasteiger partial charge is 0.468 e. The summed E-state index contributed by atoms with van der Waals surface area (Å²) in [6.45, 7) is 0.196. The van der Waals surface area contributed by atoms with Crippen molar-refractivity contribution in [2.24, 2.45) is 0 Å². The molecule has 27 heavy (non-hydrogen) atoms. The number of hydrogen-bond donors (Lipinski definition) is 2. The molecule has 0 aliphatic carbocycles. The maximum absolute atomic E-state index is 12.4. The van der Waals surface area contributed by atoms with Gasteiger partial charge in [0.15, 0.2) is 0 Å². The summed E-state index contributed by atoms with van der Waals surface area (Å²) >= 11 is 0. The van der Waals surface area contributed by atoms with Crippen LogP contribution < -0.4 is 15.5 Å². The van der Waals surface area contributed by atoms with Gasteiger partial charge in [0.1, 0.15) is 11.8 Å². The number of hydrogen-bond acceptors (Lipinski definition) is 5. The lowest BCUT2D eigenvalue weighted by molar-refractivity contribution is -0.140. The van der Waals surface area contributed by atoms with Crippen LogP contribution in [-0.4, -0.2) is 50.3 Å². The Balaban J connectivity index is 1.63. The normalized spacial score (nSPS) is 17.0. The van der Waals surface area contributed by atoms with Gasteiger partial charge in [0.2, 0.25) is 0 Å². The van der Waals surface area contributed by atoms with Gasteiger partial charge < -0.3 is 20.0 Å². The second-order valence-electron chi connectivity index (χ2n) is 6.57. The van der Waals surface area contributed by atoms with Gasteiger partial charge in [-0.25, -0.2) is 0 Å². The summed E-state index contributed by atoms with van der Waals surface area (Å²) < 4.78 is 5.38. The Morgan fingerprint density at radius 3 is 2.59 bits per heavy atom. The minimum Gasteiger partial charge on any atom is -0.468 e. The molecule has 0 saturated carbocycles. The van der Waals surface area contributed by atoms with Crippen molar-refractivity contribution in [1.29, 1.82) is 0 Å². The van der Waals surface area contributed by atoms with Crippen LogP contribution >= 0.6 is 0 Å². The fraction of sp³-hybridized carbons (Fsp3) is 0.316. The maximum atomic E-state index is 12.4. The number of carbonyl (C=O) groups excluding carboxylic acids is 3. The molecule has 2 atom stereocenters. The molecule has 3 amide bonds. The van der Waals surface area contributed by atoms with Gasteiger partial charge >= 0.3 is 11.8 Å². The van der Waals surface area contributed by atoms with Gasteiger partial charge in [0.05, 0.1) is 12.3 Å². The van der Waals surface area contributed by atoms with Crippen LogP contribution in [0.2, 0.25) is 0 Å². The molecule has 1 aromatic heterocycles. The number of benzene rings is 1. The molecule has 0 spiro atoms. The number of fused-ring (bicyclic) bond motifs is 1. The van der Waals surface area contributed by atoms with E-state index in [0.29, 0.717) is 11.3 Å². The van der Waals surface area contributed by atoms with Crippen molar-refractivity contribution in [2.45, 2.75) is 12.1 Å². The van der Waals surface area contributed by atoms with Gasteiger partial charge in [-0.1, -0.05) is 18.2 Å². The molecule has 142 valence electrons. The molecule has 0 saturated heterocycles. The number of nitrogens with one attached hydrogen (secondary N) is 2. The van der Waals surface area contributed by atoms with Gasteiger partial charge in [0.25, 0.3) is 5.91 Å². The second kappa shape index (κ2) is 7.63. The minimum atomic E-state index is -0.862. The SMILES string of the molecule is CN1C(=O)[C@H](NC(=O)C(=O)NC[C@@H](c2ccco2)N(C)C)c2ccccc21. The average molecular weight is 370 g/mol. The predicted molar refractivity (Wildman–Crippen MR) is 98.9 cm³/mol. The molecule has 1 aromatic carbocycles. The number of amides is 3. The highest BCUT2D eigenvalue weighted by molar-refractivity contribution is 6.35. The Morgan fingerprint density at radius 1 is 1.19 bits per heavy atom. The summed E-state index contributed by atoms with van der Waals surface area (Å²) in [4.78, 5) is 40.3. The highest BCUT2D eigenvalue weighted by Crippen LogP contribution is 2.34. The molecule has 0 bridgehead atoms. The molecule has 2 N–H and O–H groups in total. The quantitative estimate of drug-likeness (QED) is 0.761. The predicted octanol–water partition coefficient (Wildman–Crippen LogP) is 0.832. The first-order chi connectivity index (χ1) is 12.9. The number of rotatable bonds is 5. The molecule has 2 aromatic rings. The zero-order chi connectivity index (χ0) is 19.6. The zero-order valence-corrected chi connectivity index (χ0v) is 15.4. The number of para-hydroxylation sites is 1. The third kappa shape index (κ3) is 3.70. The first kappa shape index (κ1) is 18.7. The summed E-state index contributed by atoms with van der Waals surface area (Å²) in [7, 11) is 5.34. The second-order valence-corrected chi connectivity index (χ2v) is 6.57. The lowest BCUT2D eigenvalue weighted by atomic mass is 10.1. The van der Waals surface area contributed by atoms with Crippen LogP contribution in [0.5, 0.6) is 0 Å². The van der Waals surface area contributed by atoms with Gasteiger partial charge in [-0.05, 0) is 32.3 Å². The molecule has 8 heteroatoms. The van der Waals surface area contributed by atoms with Crippen LogP contribution in [0.25, 0.3) is 0 Å². The highest BCUT2D eigenvalue weighted by atomic mass is 16.3. The first-order valence-corrected chi connectivity index (χ1v) is 8.55. The smallest absolute Gasteiger partial charge is 0.310 e. The lowest BCUT2D eigenvalue weighted by Crippen LogP contribution is -2.45. The standard InChI is InChI=1S/C19H22N4O4/c1-22(2)14(15-9-6-10-27-15)11-20-17(24)18(25)21-16-12-7-4-5-8-13(12)23(3)19(16)26/h4-10,14,16H,11H2,1-3H3,(H,20,24)(H,21,25)/t14-,16+/m0/s1. The topological polar surface area (TPSA) is 94.9 Å². The van der Waals surface area contributed by atoms with E-state index in [0.717, 1.165) is 5.69 Å². The van der Waals surface area contributed by atoms with Crippen LogP contribution in [0.15, 0.2) is 47.1 Å². The van der Waals surface area contributed by atoms with Gasteiger partial charge in [0, 0.05) is 24.8 Å². The summed E-state index contributed by atoms with van der Waals surface area (Å²) in [6, 6.07) is 9.66. The third-order valence-corrected chi connectivity index (χ3v) is 4.62. The van der Waals surface area contributed by atoms with Crippen molar-refractivity contribution >= 4 is 23.4 Å². The van der Waals surface area contributed by atoms with Gasteiger partial charge in [-0.2, -0.15) is 0 Å². The monoisotopic (exact) mass is 370 g/mol. The van der Waals surface area contributed by atoms with E-state index in [-0.39, 0.29) is 18.5 Å². The van der Waals surface area contributed by atoms with Gasteiger partial charge in [-0.3, -0.25) is 19.3 Å². The summed E-state index contributed by atoms with van der Waals surface area (Å²) in [6.07, 6.45) is 1.56. The van der Waals surface area contributed by atoms with E-state index in [1.54, 1.807) is 43.6 Å². The molecule has 3 rings (SSSR count). The molecule has 8 nitrogen and oxygen atoms in total. The molecular formula is C19H22N4O4. The Morgan fingerprint density at radius 2 is 1.93 bits per heavy atom.